The number of nitrogens with one attached hydrogen (secondary N) is 1. The molecule has 1 heterocycles. The first-order valence-electron chi connectivity index (χ1n) is 8.97. The number of amidine groups is 1. The van der Waals surface area contributed by atoms with Gasteiger partial charge in [0.05, 0.1) is 11.5 Å². The molecule has 0 spiro atoms. The Bertz CT molecular complexity index is 830. The number of aliphatic imine (C=N–C) groups is 1. The van der Waals surface area contributed by atoms with Crippen LogP contribution in [0.4, 0.5) is 5.69 Å². The largest absolute Gasteiger partial charge is 0.463 e. The number of hydrogen-bond donors (Lipinski definition) is 2. The number of carbonyl (C=O) groups excluding carboxylic acids is 1. The van der Waals surface area contributed by atoms with Gasteiger partial charge in [0.1, 0.15) is 6.61 Å². The fourth-order valence-corrected chi connectivity index (χ4v) is 3.08. The van der Waals surface area contributed by atoms with Crippen LogP contribution in [0.2, 0.25) is 5.02 Å². The van der Waals surface area contributed by atoms with Gasteiger partial charge in [0, 0.05) is 10.7 Å². The number of amides is 1. The molecule has 0 bridgehead atoms. The number of nitrogens with two attached hydrogens (primary N) is 1. The Morgan fingerprint density at radius 1 is 1.22 bits per heavy atom. The highest BCUT2D eigenvalue weighted by atomic mass is 35.5. The van der Waals surface area contributed by atoms with Crippen LogP contribution in [0, 0.1) is 0 Å². The topological polar surface area (TPSA) is 76.7 Å². The van der Waals surface area contributed by atoms with Crippen molar-refractivity contribution in [1.82, 2.24) is 0 Å². The number of anilines is 1. The molecule has 142 valence electrons. The molecule has 1 aliphatic rings. The van der Waals surface area contributed by atoms with E-state index in [1.807, 2.05) is 50.2 Å². The van der Waals surface area contributed by atoms with E-state index in [-0.39, 0.29) is 18.0 Å². The van der Waals surface area contributed by atoms with Gasteiger partial charge in [-0.15, -0.1) is 0 Å². The van der Waals surface area contributed by atoms with Crippen LogP contribution in [0.3, 0.4) is 0 Å². The molecule has 0 radical (unpaired) electrons. The molecule has 0 saturated heterocycles. The highest BCUT2D eigenvalue weighted by molar-refractivity contribution is 6.30. The average Bonchev–Trinajstić information content (AvgIpc) is 3.07. The number of halogens is 1. The van der Waals surface area contributed by atoms with Crippen LogP contribution in [0.5, 0.6) is 0 Å². The average molecular weight is 386 g/mol. The summed E-state index contributed by atoms with van der Waals surface area (Å²) < 4.78 is 5.16. The molecule has 0 unspecified atom stereocenters. The molecule has 6 heteroatoms. The van der Waals surface area contributed by atoms with Gasteiger partial charge in [0.25, 0.3) is 6.02 Å². The molecule has 2 aromatic rings. The third-order valence-corrected chi connectivity index (χ3v) is 5.10. The molecule has 0 saturated carbocycles. The Morgan fingerprint density at radius 2 is 1.89 bits per heavy atom. The van der Waals surface area contributed by atoms with Gasteiger partial charge in [-0.3, -0.25) is 4.79 Å². The van der Waals surface area contributed by atoms with E-state index in [0.717, 1.165) is 24.1 Å². The van der Waals surface area contributed by atoms with Crippen LogP contribution in [0.15, 0.2) is 53.5 Å². The summed E-state index contributed by atoms with van der Waals surface area (Å²) in [6, 6.07) is 15.7. The Balaban J connectivity index is 1.58. The summed E-state index contributed by atoms with van der Waals surface area (Å²) in [5, 5.41) is 3.65. The van der Waals surface area contributed by atoms with Gasteiger partial charge >= 0.3 is 0 Å². The quantitative estimate of drug-likeness (QED) is 0.791. The molecule has 2 aromatic carbocycles. The number of carbonyl (C=O) groups is 1. The van der Waals surface area contributed by atoms with Gasteiger partial charge in [-0.05, 0) is 62.1 Å². The SMILES string of the molecule is CC(C)(C(=O)Nc1ccc(CC[C@H]2COC(N)=N2)cc1)c1ccc(Cl)cc1. The van der Waals surface area contributed by atoms with Crippen LogP contribution in [0.1, 0.15) is 31.4 Å². The summed E-state index contributed by atoms with van der Waals surface area (Å²) in [4.78, 5) is 17.0. The van der Waals surface area contributed by atoms with E-state index in [2.05, 4.69) is 10.3 Å². The highest BCUT2D eigenvalue weighted by Gasteiger charge is 2.29. The first-order chi connectivity index (χ1) is 12.8. The molecule has 3 N–H and O–H groups in total. The van der Waals surface area contributed by atoms with Crippen LogP contribution in [-0.4, -0.2) is 24.6 Å². The third kappa shape index (κ3) is 4.80. The number of hydrogen-bond acceptors (Lipinski definition) is 4. The lowest BCUT2D eigenvalue weighted by atomic mass is 9.83. The van der Waals surface area contributed by atoms with Crippen molar-refractivity contribution in [2.24, 2.45) is 10.7 Å². The molecule has 0 aromatic heterocycles. The second-order valence-corrected chi connectivity index (χ2v) is 7.69. The van der Waals surface area contributed by atoms with Crippen LogP contribution in [0.25, 0.3) is 0 Å². The minimum Gasteiger partial charge on any atom is -0.463 e. The molecular formula is C21H24ClN3O2. The van der Waals surface area contributed by atoms with Gasteiger partial charge in [-0.1, -0.05) is 35.9 Å². The van der Waals surface area contributed by atoms with Crippen molar-refractivity contribution in [3.63, 3.8) is 0 Å². The number of nitrogens with zero attached hydrogens (tertiary/aromatic N) is 1. The summed E-state index contributed by atoms with van der Waals surface area (Å²) in [7, 11) is 0. The summed E-state index contributed by atoms with van der Waals surface area (Å²) >= 11 is 5.94. The number of aryl methyl sites for hydroxylation is 1. The van der Waals surface area contributed by atoms with Crippen molar-refractivity contribution >= 4 is 29.2 Å². The van der Waals surface area contributed by atoms with Gasteiger partial charge < -0.3 is 15.8 Å². The zero-order valence-electron chi connectivity index (χ0n) is 15.5. The molecule has 0 aliphatic carbocycles. The number of rotatable bonds is 6. The lowest BCUT2D eigenvalue weighted by molar-refractivity contribution is -0.120. The fourth-order valence-electron chi connectivity index (χ4n) is 2.96. The predicted molar refractivity (Wildman–Crippen MR) is 109 cm³/mol. The molecule has 3 rings (SSSR count). The van der Waals surface area contributed by atoms with Crippen molar-refractivity contribution in [1.29, 1.82) is 0 Å². The Morgan fingerprint density at radius 3 is 2.48 bits per heavy atom. The lowest BCUT2D eigenvalue weighted by Gasteiger charge is -2.24. The van der Waals surface area contributed by atoms with Crippen LogP contribution in [-0.2, 0) is 21.4 Å². The smallest absolute Gasteiger partial charge is 0.282 e. The van der Waals surface area contributed by atoms with Crippen molar-refractivity contribution in [3.8, 4) is 0 Å². The Labute approximate surface area is 164 Å². The zero-order chi connectivity index (χ0) is 19.4. The highest BCUT2D eigenvalue weighted by Crippen LogP contribution is 2.26. The Kier molecular flexibility index (Phi) is 5.71. The minimum atomic E-state index is -0.663. The lowest BCUT2D eigenvalue weighted by Crippen LogP contribution is -2.34. The minimum absolute atomic E-state index is 0.0644. The van der Waals surface area contributed by atoms with E-state index in [0.29, 0.717) is 11.6 Å². The number of ether oxygens (including phenoxy) is 1. The summed E-state index contributed by atoms with van der Waals surface area (Å²) in [6.07, 6.45) is 1.77. The molecule has 1 atom stereocenters. The molecule has 1 aliphatic heterocycles. The zero-order valence-corrected chi connectivity index (χ0v) is 16.3. The summed E-state index contributed by atoms with van der Waals surface area (Å²) in [6.45, 7) is 4.35. The normalized spacial score (nSPS) is 16.6. The van der Waals surface area contributed by atoms with E-state index < -0.39 is 5.41 Å². The second kappa shape index (κ2) is 8.01. The molecule has 0 fully saturated rings. The second-order valence-electron chi connectivity index (χ2n) is 7.25. The molecular weight excluding hydrogens is 362 g/mol. The van der Waals surface area contributed by atoms with E-state index in [4.69, 9.17) is 22.1 Å². The Hall–Kier alpha value is -2.53. The van der Waals surface area contributed by atoms with Crippen molar-refractivity contribution in [2.75, 3.05) is 11.9 Å². The van der Waals surface area contributed by atoms with E-state index in [9.17, 15) is 4.79 Å². The van der Waals surface area contributed by atoms with E-state index in [1.165, 1.54) is 5.56 Å². The first-order valence-corrected chi connectivity index (χ1v) is 9.35. The molecule has 1 amide bonds. The monoisotopic (exact) mass is 385 g/mol. The van der Waals surface area contributed by atoms with Gasteiger partial charge in [-0.2, -0.15) is 0 Å². The summed E-state index contributed by atoms with van der Waals surface area (Å²) in [5.74, 6) is -0.0644. The van der Waals surface area contributed by atoms with E-state index >= 15 is 0 Å². The van der Waals surface area contributed by atoms with Crippen LogP contribution >= 0.6 is 11.6 Å². The van der Waals surface area contributed by atoms with Crippen molar-refractivity contribution in [2.45, 2.75) is 38.1 Å². The predicted octanol–water partition coefficient (Wildman–Crippen LogP) is 3.90. The standard InChI is InChI=1S/C21H24ClN3O2/c1-21(2,15-6-8-16(22)9-7-15)19(26)24-17-10-3-14(4-11-17)5-12-18-13-27-20(23)25-18/h3-4,6-11,18H,5,12-13H2,1-2H3,(H2,23,25)(H,24,26)/t18-/m0/s1. The summed E-state index contributed by atoms with van der Waals surface area (Å²) in [5.41, 5.74) is 7.74. The maximum atomic E-state index is 12.8. The van der Waals surface area contributed by atoms with Crippen molar-refractivity contribution < 1.29 is 9.53 Å². The van der Waals surface area contributed by atoms with E-state index in [1.54, 1.807) is 12.1 Å². The molecule has 27 heavy (non-hydrogen) atoms. The van der Waals surface area contributed by atoms with Gasteiger partial charge in [0.15, 0.2) is 0 Å². The van der Waals surface area contributed by atoms with Gasteiger partial charge in [-0.25, -0.2) is 4.99 Å². The number of benzene rings is 2. The fraction of sp³-hybridized carbons (Fsp3) is 0.333. The third-order valence-electron chi connectivity index (χ3n) is 4.85. The maximum absolute atomic E-state index is 12.8. The molecule has 5 nitrogen and oxygen atoms in total. The van der Waals surface area contributed by atoms with Crippen LogP contribution < -0.4 is 11.1 Å². The van der Waals surface area contributed by atoms with Crippen molar-refractivity contribution in [3.05, 3.63) is 64.7 Å². The van der Waals surface area contributed by atoms with Gasteiger partial charge in [0.2, 0.25) is 5.91 Å². The first kappa shape index (κ1) is 19.2. The maximum Gasteiger partial charge on any atom is 0.282 e.